The van der Waals surface area contributed by atoms with Gasteiger partial charge in [-0.3, -0.25) is 0 Å². The van der Waals surface area contributed by atoms with Gasteiger partial charge < -0.3 is 10.5 Å². The van der Waals surface area contributed by atoms with Gasteiger partial charge in [0.25, 0.3) is 0 Å². The molecule has 0 fully saturated rings. The van der Waals surface area contributed by atoms with Gasteiger partial charge in [0.2, 0.25) is 5.88 Å². The van der Waals surface area contributed by atoms with Crippen LogP contribution in [0, 0.1) is 6.92 Å². The molecule has 0 aliphatic carbocycles. The average molecular weight is 292 g/mol. The molecule has 0 aliphatic heterocycles. The maximum Gasteiger partial charge on any atom is 0.217 e. The highest BCUT2D eigenvalue weighted by atomic mass is 32.2. The van der Waals surface area contributed by atoms with Crippen LogP contribution in [0.15, 0.2) is 41.4 Å². The van der Waals surface area contributed by atoms with Crippen molar-refractivity contribution in [2.75, 3.05) is 12.8 Å². The van der Waals surface area contributed by atoms with Gasteiger partial charge in [-0.05, 0) is 30.7 Å². The van der Waals surface area contributed by atoms with Crippen LogP contribution in [0.3, 0.4) is 0 Å². The van der Waals surface area contributed by atoms with Crippen LogP contribution in [0.4, 0.5) is 5.69 Å². The van der Waals surface area contributed by atoms with Crippen LogP contribution in [-0.4, -0.2) is 20.5 Å². The van der Waals surface area contributed by atoms with Crippen molar-refractivity contribution in [2.24, 2.45) is 0 Å². The summed E-state index contributed by atoms with van der Waals surface area (Å²) in [6, 6.07) is 8.25. The Morgan fingerprint density at radius 2 is 2.05 bits per heavy atom. The highest BCUT2D eigenvalue weighted by Crippen LogP contribution is 2.26. The molecule has 0 radical (unpaired) electrons. The lowest BCUT2D eigenvalue weighted by Crippen LogP contribution is -2.09. The Labute approximate surface area is 118 Å². The predicted octanol–water partition coefficient (Wildman–Crippen LogP) is 1.95. The second-order valence-corrected chi connectivity index (χ2v) is 6.43. The van der Waals surface area contributed by atoms with Gasteiger partial charge in [-0.15, -0.1) is 0 Å². The van der Waals surface area contributed by atoms with E-state index in [-0.39, 0.29) is 16.3 Å². The lowest BCUT2D eigenvalue weighted by Gasteiger charge is -2.10. The van der Waals surface area contributed by atoms with Crippen LogP contribution in [0.2, 0.25) is 0 Å². The summed E-state index contributed by atoms with van der Waals surface area (Å²) in [7, 11) is -2.08. The third kappa shape index (κ3) is 2.91. The smallest absolute Gasteiger partial charge is 0.217 e. The molecule has 1 heterocycles. The monoisotopic (exact) mass is 292 g/mol. The van der Waals surface area contributed by atoms with Gasteiger partial charge in [0.15, 0.2) is 9.84 Å². The molecule has 5 nitrogen and oxygen atoms in total. The van der Waals surface area contributed by atoms with E-state index in [4.69, 9.17) is 10.5 Å². The molecule has 1 aromatic carbocycles. The molecule has 2 rings (SSSR count). The van der Waals surface area contributed by atoms with Gasteiger partial charge in [-0.2, -0.15) is 0 Å². The second kappa shape index (κ2) is 5.50. The minimum Gasteiger partial charge on any atom is -0.481 e. The third-order valence-electron chi connectivity index (χ3n) is 2.89. The van der Waals surface area contributed by atoms with Gasteiger partial charge in [0, 0.05) is 11.8 Å². The summed E-state index contributed by atoms with van der Waals surface area (Å²) >= 11 is 0. The van der Waals surface area contributed by atoms with E-state index in [1.165, 1.54) is 13.2 Å². The number of benzene rings is 1. The first kappa shape index (κ1) is 14.3. The number of aromatic nitrogens is 1. The van der Waals surface area contributed by atoms with E-state index >= 15 is 0 Å². The van der Waals surface area contributed by atoms with E-state index in [9.17, 15) is 8.42 Å². The van der Waals surface area contributed by atoms with Crippen LogP contribution in [-0.2, 0) is 15.6 Å². The number of hydrogen-bond donors (Lipinski definition) is 1. The van der Waals surface area contributed by atoms with E-state index in [2.05, 4.69) is 4.98 Å². The van der Waals surface area contributed by atoms with Crippen LogP contribution in [0.25, 0.3) is 0 Å². The fraction of sp³-hybridized carbons (Fsp3) is 0.214. The number of aryl methyl sites for hydroxylation is 1. The lowest BCUT2D eigenvalue weighted by atomic mass is 10.2. The summed E-state index contributed by atoms with van der Waals surface area (Å²) in [6.45, 7) is 1.86. The van der Waals surface area contributed by atoms with Crippen molar-refractivity contribution in [1.82, 2.24) is 4.98 Å². The number of pyridine rings is 1. The van der Waals surface area contributed by atoms with E-state index < -0.39 is 9.84 Å². The molecule has 106 valence electrons. The molecule has 0 saturated carbocycles. The predicted molar refractivity (Wildman–Crippen MR) is 77.3 cm³/mol. The molecule has 2 N–H and O–H groups in total. The molecule has 0 amide bonds. The number of nitrogens with two attached hydrogens (primary N) is 1. The Hall–Kier alpha value is -2.08. The number of hydrogen-bond acceptors (Lipinski definition) is 5. The van der Waals surface area contributed by atoms with Crippen LogP contribution in [0.5, 0.6) is 5.88 Å². The molecule has 2 aromatic rings. The van der Waals surface area contributed by atoms with Gasteiger partial charge >= 0.3 is 0 Å². The van der Waals surface area contributed by atoms with Gasteiger partial charge in [-0.25, -0.2) is 13.4 Å². The zero-order valence-corrected chi connectivity index (χ0v) is 12.1. The lowest BCUT2D eigenvalue weighted by molar-refractivity contribution is 0.394. The quantitative estimate of drug-likeness (QED) is 0.871. The zero-order chi connectivity index (χ0) is 14.8. The number of methoxy groups -OCH3 is 1. The molecule has 0 spiro atoms. The summed E-state index contributed by atoms with van der Waals surface area (Å²) in [6.07, 6.45) is 1.55. The van der Waals surface area contributed by atoms with Crippen molar-refractivity contribution in [3.05, 3.63) is 47.7 Å². The molecule has 6 heteroatoms. The average Bonchev–Trinajstić information content (AvgIpc) is 2.38. The van der Waals surface area contributed by atoms with Gasteiger partial charge in [-0.1, -0.05) is 12.1 Å². The number of nitrogen functional groups attached to an aromatic ring is 1. The van der Waals surface area contributed by atoms with Crippen molar-refractivity contribution >= 4 is 15.5 Å². The summed E-state index contributed by atoms with van der Waals surface area (Å²) in [5.41, 5.74) is 7.49. The first-order valence-electron chi connectivity index (χ1n) is 6.01. The fourth-order valence-corrected chi connectivity index (χ4v) is 3.43. The molecule has 0 bridgehead atoms. The SMILES string of the molecule is COc1ncccc1CS(=O)(=O)c1ccc(C)cc1N. The van der Waals surface area contributed by atoms with Gasteiger partial charge in [0.05, 0.1) is 23.4 Å². The van der Waals surface area contributed by atoms with Crippen molar-refractivity contribution in [2.45, 2.75) is 17.6 Å². The standard InChI is InChI=1S/C14H16N2O3S/c1-10-5-6-13(12(15)8-10)20(17,18)9-11-4-3-7-16-14(11)19-2/h3-8H,9,15H2,1-2H3. The van der Waals surface area contributed by atoms with Gasteiger partial charge in [0.1, 0.15) is 0 Å². The Morgan fingerprint density at radius 1 is 1.30 bits per heavy atom. The Morgan fingerprint density at radius 3 is 2.70 bits per heavy atom. The summed E-state index contributed by atoms with van der Waals surface area (Å²) in [4.78, 5) is 4.13. The van der Waals surface area contributed by atoms with Crippen molar-refractivity contribution < 1.29 is 13.2 Å². The number of ether oxygens (including phenoxy) is 1. The summed E-state index contributed by atoms with van der Waals surface area (Å²) < 4.78 is 29.9. The maximum absolute atomic E-state index is 12.4. The summed E-state index contributed by atoms with van der Waals surface area (Å²) in [5.74, 6) is 0.110. The van der Waals surface area contributed by atoms with E-state index in [1.807, 2.05) is 6.92 Å². The molecular weight excluding hydrogens is 276 g/mol. The minimum atomic E-state index is -3.54. The molecular formula is C14H16N2O3S. The molecule has 1 aromatic heterocycles. The Bertz CT molecular complexity index is 727. The highest BCUT2D eigenvalue weighted by molar-refractivity contribution is 7.90. The summed E-state index contributed by atoms with van der Waals surface area (Å²) in [5, 5.41) is 0. The second-order valence-electron chi connectivity index (χ2n) is 4.47. The zero-order valence-electron chi connectivity index (χ0n) is 11.3. The molecule has 20 heavy (non-hydrogen) atoms. The molecule has 0 unspecified atom stereocenters. The third-order valence-corrected chi connectivity index (χ3v) is 4.62. The van der Waals surface area contributed by atoms with E-state index in [1.54, 1.807) is 30.5 Å². The highest BCUT2D eigenvalue weighted by Gasteiger charge is 2.20. The molecule has 0 aliphatic rings. The minimum absolute atomic E-state index is 0.133. The number of anilines is 1. The number of sulfone groups is 1. The topological polar surface area (TPSA) is 82.3 Å². The largest absolute Gasteiger partial charge is 0.481 e. The Kier molecular flexibility index (Phi) is 3.94. The van der Waals surface area contributed by atoms with Crippen molar-refractivity contribution in [1.29, 1.82) is 0 Å². The normalized spacial score (nSPS) is 11.3. The number of rotatable bonds is 4. The first-order valence-corrected chi connectivity index (χ1v) is 7.66. The van der Waals surface area contributed by atoms with Crippen molar-refractivity contribution in [3.8, 4) is 5.88 Å². The molecule has 0 atom stereocenters. The maximum atomic E-state index is 12.4. The first-order chi connectivity index (χ1) is 9.44. The van der Waals surface area contributed by atoms with Crippen LogP contribution < -0.4 is 10.5 Å². The fourth-order valence-electron chi connectivity index (χ4n) is 1.95. The Balaban J connectivity index is 2.41. The van der Waals surface area contributed by atoms with Crippen LogP contribution >= 0.6 is 0 Å². The van der Waals surface area contributed by atoms with Crippen molar-refractivity contribution in [3.63, 3.8) is 0 Å². The van der Waals surface area contributed by atoms with E-state index in [0.717, 1.165) is 5.56 Å². The van der Waals surface area contributed by atoms with E-state index in [0.29, 0.717) is 11.4 Å². The van der Waals surface area contributed by atoms with Crippen LogP contribution in [0.1, 0.15) is 11.1 Å². The number of nitrogens with zero attached hydrogens (tertiary/aromatic N) is 1. The molecule has 0 saturated heterocycles.